The first kappa shape index (κ1) is 14.9. The molecule has 0 atom stereocenters. The van der Waals surface area contributed by atoms with E-state index < -0.39 is 5.60 Å². The summed E-state index contributed by atoms with van der Waals surface area (Å²) in [4.78, 5) is 14.4. The lowest BCUT2D eigenvalue weighted by molar-refractivity contribution is -0.132. The van der Waals surface area contributed by atoms with Gasteiger partial charge in [-0.25, -0.2) is 0 Å². The molecule has 1 aromatic carbocycles. The van der Waals surface area contributed by atoms with Crippen LogP contribution in [0.1, 0.15) is 32.3 Å². The summed E-state index contributed by atoms with van der Waals surface area (Å²) < 4.78 is 10.9. The maximum atomic E-state index is 12.6. The predicted octanol–water partition coefficient (Wildman–Crippen LogP) is 2.93. The van der Waals surface area contributed by atoms with Gasteiger partial charge in [-0.1, -0.05) is 6.07 Å². The van der Waals surface area contributed by atoms with Crippen LogP contribution in [0.3, 0.4) is 0 Å². The highest BCUT2D eigenvalue weighted by atomic mass is 16.5. The number of ether oxygens (including phenoxy) is 2. The summed E-state index contributed by atoms with van der Waals surface area (Å²) in [6.45, 7) is 7.09. The largest absolute Gasteiger partial charge is 0.476 e. The Hall–Kier alpha value is -1.55. The Labute approximate surface area is 120 Å². The van der Waals surface area contributed by atoms with E-state index >= 15 is 0 Å². The second-order valence-corrected chi connectivity index (χ2v) is 5.74. The molecule has 0 saturated heterocycles. The molecule has 0 saturated carbocycles. The van der Waals surface area contributed by atoms with Crippen molar-refractivity contribution in [3.8, 4) is 5.75 Å². The third-order valence-electron chi connectivity index (χ3n) is 3.51. The van der Waals surface area contributed by atoms with Crippen molar-refractivity contribution < 1.29 is 14.3 Å². The van der Waals surface area contributed by atoms with Crippen molar-refractivity contribution in [2.75, 3.05) is 25.2 Å². The van der Waals surface area contributed by atoms with Crippen LogP contribution in [0.15, 0.2) is 18.2 Å². The van der Waals surface area contributed by atoms with Crippen LogP contribution in [0.5, 0.6) is 5.75 Å². The van der Waals surface area contributed by atoms with Gasteiger partial charge in [-0.15, -0.1) is 0 Å². The summed E-state index contributed by atoms with van der Waals surface area (Å²) in [5.74, 6) is 0.806. The lowest BCUT2D eigenvalue weighted by Crippen LogP contribution is -2.52. The van der Waals surface area contributed by atoms with Gasteiger partial charge in [-0.05, 0) is 51.3 Å². The molecule has 0 unspecified atom stereocenters. The van der Waals surface area contributed by atoms with E-state index in [1.165, 1.54) is 0 Å². The molecule has 4 heteroatoms. The fraction of sp³-hybridized carbons (Fsp3) is 0.562. The SMILES string of the molecule is COCCCCN1C(=O)C(C)(C)Oc2ccc(C)cc21. The highest BCUT2D eigenvalue weighted by molar-refractivity contribution is 6.02. The Kier molecular flexibility index (Phi) is 4.33. The Bertz CT molecular complexity index is 496. The Morgan fingerprint density at radius 1 is 1.30 bits per heavy atom. The van der Waals surface area contributed by atoms with Crippen LogP contribution in [-0.2, 0) is 9.53 Å². The lowest BCUT2D eigenvalue weighted by atomic mass is 10.0. The maximum Gasteiger partial charge on any atom is 0.270 e. The van der Waals surface area contributed by atoms with Gasteiger partial charge < -0.3 is 14.4 Å². The van der Waals surface area contributed by atoms with Crippen molar-refractivity contribution in [1.29, 1.82) is 0 Å². The first-order valence-corrected chi connectivity index (χ1v) is 7.06. The number of fused-ring (bicyclic) bond motifs is 1. The molecule has 4 nitrogen and oxygen atoms in total. The van der Waals surface area contributed by atoms with E-state index in [-0.39, 0.29) is 5.91 Å². The molecule has 1 aliphatic heterocycles. The first-order valence-electron chi connectivity index (χ1n) is 7.06. The zero-order chi connectivity index (χ0) is 14.8. The molecule has 0 spiro atoms. The van der Waals surface area contributed by atoms with Gasteiger partial charge in [0, 0.05) is 20.3 Å². The van der Waals surface area contributed by atoms with Crippen LogP contribution in [0.2, 0.25) is 0 Å². The zero-order valence-corrected chi connectivity index (χ0v) is 12.7. The van der Waals surface area contributed by atoms with E-state index in [0.717, 1.165) is 36.4 Å². The smallest absolute Gasteiger partial charge is 0.270 e. The van der Waals surface area contributed by atoms with Crippen molar-refractivity contribution in [2.45, 2.75) is 39.2 Å². The number of hydrogen-bond donors (Lipinski definition) is 0. The van der Waals surface area contributed by atoms with E-state index in [9.17, 15) is 4.79 Å². The molecule has 1 heterocycles. The fourth-order valence-corrected chi connectivity index (χ4v) is 2.42. The van der Waals surface area contributed by atoms with Gasteiger partial charge in [-0.3, -0.25) is 4.79 Å². The van der Waals surface area contributed by atoms with Crippen molar-refractivity contribution >= 4 is 11.6 Å². The standard InChI is InChI=1S/C16H23NO3/c1-12-7-8-14-13(11-12)17(9-5-6-10-19-4)15(18)16(2,3)20-14/h7-8,11H,5-6,9-10H2,1-4H3. The number of rotatable bonds is 5. The normalized spacial score (nSPS) is 16.8. The van der Waals surface area contributed by atoms with Gasteiger partial charge in [0.15, 0.2) is 5.60 Å². The Morgan fingerprint density at radius 3 is 2.75 bits per heavy atom. The molecule has 1 aliphatic rings. The van der Waals surface area contributed by atoms with Crippen molar-refractivity contribution in [1.82, 2.24) is 0 Å². The third-order valence-corrected chi connectivity index (χ3v) is 3.51. The summed E-state index contributed by atoms with van der Waals surface area (Å²) >= 11 is 0. The van der Waals surface area contributed by atoms with Crippen LogP contribution in [-0.4, -0.2) is 31.8 Å². The van der Waals surface area contributed by atoms with Gasteiger partial charge in [0.25, 0.3) is 5.91 Å². The molecular formula is C16H23NO3. The molecule has 0 aromatic heterocycles. The van der Waals surface area contributed by atoms with Crippen molar-refractivity contribution in [2.24, 2.45) is 0 Å². The van der Waals surface area contributed by atoms with Crippen LogP contribution in [0.25, 0.3) is 0 Å². The topological polar surface area (TPSA) is 38.8 Å². The van der Waals surface area contributed by atoms with Crippen molar-refractivity contribution in [3.63, 3.8) is 0 Å². The first-order chi connectivity index (χ1) is 9.45. The van der Waals surface area contributed by atoms with Gasteiger partial charge in [0.1, 0.15) is 5.75 Å². The Balaban J connectivity index is 2.23. The fourth-order valence-electron chi connectivity index (χ4n) is 2.42. The van der Waals surface area contributed by atoms with Gasteiger partial charge >= 0.3 is 0 Å². The predicted molar refractivity (Wildman–Crippen MR) is 79.3 cm³/mol. The minimum atomic E-state index is -0.802. The number of methoxy groups -OCH3 is 1. The second kappa shape index (κ2) is 5.83. The Morgan fingerprint density at radius 2 is 2.05 bits per heavy atom. The lowest BCUT2D eigenvalue weighted by Gasteiger charge is -2.39. The molecule has 0 bridgehead atoms. The summed E-state index contributed by atoms with van der Waals surface area (Å²) in [6, 6.07) is 5.97. The number of carbonyl (C=O) groups excluding carboxylic acids is 1. The zero-order valence-electron chi connectivity index (χ0n) is 12.7. The number of unbranched alkanes of at least 4 members (excludes halogenated alkanes) is 1. The molecule has 0 radical (unpaired) electrons. The number of aryl methyl sites for hydroxylation is 1. The number of carbonyl (C=O) groups is 1. The third kappa shape index (κ3) is 2.96. The summed E-state index contributed by atoms with van der Waals surface area (Å²) in [5, 5.41) is 0. The number of hydrogen-bond acceptors (Lipinski definition) is 3. The van der Waals surface area contributed by atoms with E-state index in [2.05, 4.69) is 0 Å². The summed E-state index contributed by atoms with van der Waals surface area (Å²) in [5.41, 5.74) is 1.21. The number of benzene rings is 1. The van der Waals surface area contributed by atoms with E-state index in [1.54, 1.807) is 7.11 Å². The molecule has 0 N–H and O–H groups in total. The van der Waals surface area contributed by atoms with Gasteiger partial charge in [-0.2, -0.15) is 0 Å². The van der Waals surface area contributed by atoms with Crippen LogP contribution in [0.4, 0.5) is 5.69 Å². The number of amides is 1. The van der Waals surface area contributed by atoms with Crippen LogP contribution in [0, 0.1) is 6.92 Å². The highest BCUT2D eigenvalue weighted by Gasteiger charge is 2.40. The molecule has 2 rings (SSSR count). The second-order valence-electron chi connectivity index (χ2n) is 5.74. The summed E-state index contributed by atoms with van der Waals surface area (Å²) in [7, 11) is 1.70. The van der Waals surface area contributed by atoms with Gasteiger partial charge in [0.2, 0.25) is 0 Å². The number of nitrogens with zero attached hydrogens (tertiary/aromatic N) is 1. The quantitative estimate of drug-likeness (QED) is 0.777. The van der Waals surface area contributed by atoms with Crippen LogP contribution >= 0.6 is 0 Å². The average molecular weight is 277 g/mol. The molecule has 20 heavy (non-hydrogen) atoms. The van der Waals surface area contributed by atoms with E-state index in [0.29, 0.717) is 6.54 Å². The minimum absolute atomic E-state index is 0.0213. The molecule has 1 aromatic rings. The number of anilines is 1. The molecule has 0 aliphatic carbocycles. The molecule has 110 valence electrons. The van der Waals surface area contributed by atoms with Gasteiger partial charge in [0.05, 0.1) is 5.69 Å². The summed E-state index contributed by atoms with van der Waals surface area (Å²) in [6.07, 6.45) is 1.87. The maximum absolute atomic E-state index is 12.6. The van der Waals surface area contributed by atoms with E-state index in [4.69, 9.17) is 9.47 Å². The van der Waals surface area contributed by atoms with Crippen molar-refractivity contribution in [3.05, 3.63) is 23.8 Å². The monoisotopic (exact) mass is 277 g/mol. The highest BCUT2D eigenvalue weighted by Crippen LogP contribution is 2.38. The van der Waals surface area contributed by atoms with E-state index in [1.807, 2.05) is 43.9 Å². The van der Waals surface area contributed by atoms with Crippen LogP contribution < -0.4 is 9.64 Å². The molecule has 1 amide bonds. The molecule has 0 fully saturated rings. The molecular weight excluding hydrogens is 254 g/mol. The average Bonchev–Trinajstić information content (AvgIpc) is 2.39. The minimum Gasteiger partial charge on any atom is -0.476 e.